The monoisotopic (exact) mass is 246 g/mol. The van der Waals surface area contributed by atoms with Crippen molar-refractivity contribution in [3.05, 3.63) is 23.8 Å². The zero-order valence-electron chi connectivity index (χ0n) is 10.9. The Bertz CT molecular complexity index is 488. The van der Waals surface area contributed by atoms with Gasteiger partial charge in [0.1, 0.15) is 11.9 Å². The molecular weight excluding hydrogens is 228 g/mol. The normalized spacial score (nSPS) is 43.1. The summed E-state index contributed by atoms with van der Waals surface area (Å²) in [5.74, 6) is 0.264. The van der Waals surface area contributed by atoms with Crippen LogP contribution in [0.3, 0.4) is 0 Å². The first-order chi connectivity index (χ1) is 8.46. The van der Waals surface area contributed by atoms with Gasteiger partial charge in [0.2, 0.25) is 0 Å². The third-order valence-corrected chi connectivity index (χ3v) is 5.01. The Morgan fingerprint density at radius 1 is 1.39 bits per heavy atom. The minimum Gasteiger partial charge on any atom is -0.457 e. The van der Waals surface area contributed by atoms with Gasteiger partial charge in [-0.15, -0.1) is 0 Å². The molecule has 0 bridgehead atoms. The molecule has 0 radical (unpaired) electrons. The first kappa shape index (κ1) is 11.7. The first-order valence-corrected chi connectivity index (χ1v) is 6.60. The Hall–Kier alpha value is -1.38. The summed E-state index contributed by atoms with van der Waals surface area (Å²) >= 11 is 0. The van der Waals surface area contributed by atoms with Crippen molar-refractivity contribution in [3.8, 4) is 0 Å². The topological polar surface area (TPSA) is 43.4 Å². The molecule has 0 aromatic carbocycles. The number of ketones is 1. The van der Waals surface area contributed by atoms with E-state index in [1.807, 2.05) is 13.0 Å². The minimum absolute atomic E-state index is 0.0119. The van der Waals surface area contributed by atoms with Crippen molar-refractivity contribution in [2.24, 2.45) is 17.3 Å². The van der Waals surface area contributed by atoms with Crippen LogP contribution in [0.25, 0.3) is 0 Å². The molecule has 3 aliphatic rings. The molecule has 18 heavy (non-hydrogen) atoms. The van der Waals surface area contributed by atoms with Gasteiger partial charge < -0.3 is 4.74 Å². The number of carbonyl (C=O) groups is 2. The molecule has 3 nitrogen and oxygen atoms in total. The highest BCUT2D eigenvalue weighted by Gasteiger charge is 2.58. The molecule has 0 N–H and O–H groups in total. The van der Waals surface area contributed by atoms with Crippen LogP contribution in [0.1, 0.15) is 33.1 Å². The van der Waals surface area contributed by atoms with Gasteiger partial charge in [-0.2, -0.15) is 0 Å². The van der Waals surface area contributed by atoms with E-state index in [4.69, 9.17) is 4.74 Å². The van der Waals surface area contributed by atoms with Crippen LogP contribution in [-0.4, -0.2) is 17.9 Å². The standard InChI is InChI=1S/C15H18O3/c1-8-4-5-10-9(2)14(17)18-13(10)15(3)11(8)6-7-12(15)16/h6,8,10,13H,2,4-5,7H2,1,3H3/t8-,10+,13+,15+/m1/s1. The molecule has 1 heterocycles. The summed E-state index contributed by atoms with van der Waals surface area (Å²) in [6, 6.07) is 0. The van der Waals surface area contributed by atoms with E-state index in [1.54, 1.807) is 0 Å². The van der Waals surface area contributed by atoms with Gasteiger partial charge in [0.25, 0.3) is 0 Å². The fourth-order valence-electron chi connectivity index (χ4n) is 3.86. The second kappa shape index (κ2) is 3.56. The second-order valence-electron chi connectivity index (χ2n) is 5.93. The molecule has 0 spiro atoms. The number of rotatable bonds is 0. The maximum Gasteiger partial charge on any atom is 0.334 e. The summed E-state index contributed by atoms with van der Waals surface area (Å²) in [5.41, 5.74) is 1.10. The molecule has 3 heteroatoms. The van der Waals surface area contributed by atoms with Gasteiger partial charge in [0.15, 0.2) is 0 Å². The fraction of sp³-hybridized carbons (Fsp3) is 0.600. The average molecular weight is 246 g/mol. The summed E-state index contributed by atoms with van der Waals surface area (Å²) in [6.07, 6.45) is 4.07. The Morgan fingerprint density at radius 2 is 2.11 bits per heavy atom. The SMILES string of the molecule is C=C1C(=O)O[C@H]2[C@H]1CC[C@@H](C)C1=CCC(=O)[C@]12C. The molecule has 4 atom stereocenters. The van der Waals surface area contributed by atoms with Gasteiger partial charge in [-0.25, -0.2) is 4.79 Å². The minimum atomic E-state index is -0.615. The number of allylic oxidation sites excluding steroid dienone is 1. The Balaban J connectivity index is 2.11. The van der Waals surface area contributed by atoms with Crippen LogP contribution in [-0.2, 0) is 14.3 Å². The predicted molar refractivity (Wildman–Crippen MR) is 66.7 cm³/mol. The number of carbonyl (C=O) groups excluding carboxylic acids is 2. The second-order valence-corrected chi connectivity index (χ2v) is 5.93. The molecule has 0 unspecified atom stereocenters. The molecule has 1 saturated heterocycles. The maximum absolute atomic E-state index is 12.3. The summed E-state index contributed by atoms with van der Waals surface area (Å²) in [4.78, 5) is 24.0. The van der Waals surface area contributed by atoms with Crippen LogP contribution < -0.4 is 0 Å². The van der Waals surface area contributed by atoms with Crippen molar-refractivity contribution < 1.29 is 14.3 Å². The van der Waals surface area contributed by atoms with Crippen LogP contribution in [0, 0.1) is 17.3 Å². The molecule has 96 valence electrons. The Kier molecular flexibility index (Phi) is 2.31. The van der Waals surface area contributed by atoms with E-state index in [0.717, 1.165) is 12.8 Å². The largest absolute Gasteiger partial charge is 0.457 e. The molecule has 2 fully saturated rings. The van der Waals surface area contributed by atoms with E-state index < -0.39 is 5.41 Å². The van der Waals surface area contributed by atoms with Crippen molar-refractivity contribution in [1.82, 2.24) is 0 Å². The summed E-state index contributed by atoms with van der Waals surface area (Å²) in [5, 5.41) is 0. The molecule has 0 aromatic heterocycles. The quantitative estimate of drug-likeness (QED) is 0.374. The van der Waals surface area contributed by atoms with Crippen molar-refractivity contribution in [2.75, 3.05) is 0 Å². The predicted octanol–water partition coefficient (Wildman–Crippen LogP) is 2.42. The van der Waals surface area contributed by atoms with Gasteiger partial charge >= 0.3 is 5.97 Å². The van der Waals surface area contributed by atoms with E-state index in [9.17, 15) is 9.59 Å². The van der Waals surface area contributed by atoms with Crippen LogP contribution in [0.4, 0.5) is 0 Å². The Labute approximate surface area is 107 Å². The number of fused-ring (bicyclic) bond motifs is 3. The molecule has 1 aliphatic heterocycles. The highest BCUT2D eigenvalue weighted by Crippen LogP contribution is 2.53. The molecule has 0 aromatic rings. The number of Topliss-reactive ketones (excluding diaryl/α,β-unsaturated/α-hetero) is 1. The lowest BCUT2D eigenvalue weighted by Crippen LogP contribution is -2.41. The highest BCUT2D eigenvalue weighted by atomic mass is 16.6. The maximum atomic E-state index is 12.3. The third-order valence-electron chi connectivity index (χ3n) is 5.01. The Morgan fingerprint density at radius 3 is 2.83 bits per heavy atom. The number of hydrogen-bond donors (Lipinski definition) is 0. The highest BCUT2D eigenvalue weighted by molar-refractivity contribution is 5.96. The lowest BCUT2D eigenvalue weighted by molar-refractivity contribution is -0.147. The number of ether oxygens (including phenoxy) is 1. The molecule has 0 amide bonds. The summed E-state index contributed by atoms with van der Waals surface area (Å²) in [7, 11) is 0. The van der Waals surface area contributed by atoms with Gasteiger partial charge in [-0.05, 0) is 25.7 Å². The lowest BCUT2D eigenvalue weighted by atomic mass is 9.71. The zero-order chi connectivity index (χ0) is 13.1. The van der Waals surface area contributed by atoms with E-state index in [0.29, 0.717) is 17.9 Å². The first-order valence-electron chi connectivity index (χ1n) is 6.60. The van der Waals surface area contributed by atoms with E-state index in [1.165, 1.54) is 5.57 Å². The van der Waals surface area contributed by atoms with Crippen LogP contribution in [0.2, 0.25) is 0 Å². The summed E-state index contributed by atoms with van der Waals surface area (Å²) in [6.45, 7) is 7.96. The fourth-order valence-corrected chi connectivity index (χ4v) is 3.86. The van der Waals surface area contributed by atoms with Gasteiger partial charge in [-0.1, -0.05) is 25.2 Å². The van der Waals surface area contributed by atoms with Crippen molar-refractivity contribution >= 4 is 11.8 Å². The van der Waals surface area contributed by atoms with Crippen LogP contribution in [0.15, 0.2) is 23.8 Å². The van der Waals surface area contributed by atoms with Gasteiger partial charge in [0, 0.05) is 17.9 Å². The number of hydrogen-bond acceptors (Lipinski definition) is 3. The summed E-state index contributed by atoms with van der Waals surface area (Å²) < 4.78 is 5.49. The molecule has 3 rings (SSSR count). The zero-order valence-corrected chi connectivity index (χ0v) is 10.9. The smallest absolute Gasteiger partial charge is 0.334 e. The van der Waals surface area contributed by atoms with Crippen LogP contribution >= 0.6 is 0 Å². The van der Waals surface area contributed by atoms with E-state index in [-0.39, 0.29) is 23.8 Å². The van der Waals surface area contributed by atoms with E-state index >= 15 is 0 Å². The van der Waals surface area contributed by atoms with Gasteiger partial charge in [0.05, 0.1) is 5.41 Å². The lowest BCUT2D eigenvalue weighted by Gasteiger charge is -2.33. The van der Waals surface area contributed by atoms with Gasteiger partial charge in [-0.3, -0.25) is 4.79 Å². The molecular formula is C15H18O3. The third kappa shape index (κ3) is 1.25. The number of esters is 1. The van der Waals surface area contributed by atoms with Crippen LogP contribution in [0.5, 0.6) is 0 Å². The average Bonchev–Trinajstić information content (AvgIpc) is 2.75. The van der Waals surface area contributed by atoms with Crippen molar-refractivity contribution in [3.63, 3.8) is 0 Å². The van der Waals surface area contributed by atoms with Crippen molar-refractivity contribution in [1.29, 1.82) is 0 Å². The van der Waals surface area contributed by atoms with E-state index in [2.05, 4.69) is 13.5 Å². The molecule has 2 aliphatic carbocycles. The molecule has 1 saturated carbocycles. The van der Waals surface area contributed by atoms with Crippen molar-refractivity contribution in [2.45, 2.75) is 39.2 Å².